The molecule has 3 N–H and O–H groups in total. The van der Waals surface area contributed by atoms with Gasteiger partial charge in [0.25, 0.3) is 0 Å². The predicted octanol–water partition coefficient (Wildman–Crippen LogP) is 4.42. The second-order valence-electron chi connectivity index (χ2n) is 6.52. The highest BCUT2D eigenvalue weighted by Gasteiger charge is 2.32. The maximum atomic E-state index is 12.9. The molecule has 0 heterocycles. The molecule has 26 heavy (non-hydrogen) atoms. The number of hydrogen-bond donors (Lipinski definition) is 2. The highest BCUT2D eigenvalue weighted by atomic mass is 19.4. The first-order chi connectivity index (χ1) is 12.1. The van der Waals surface area contributed by atoms with Gasteiger partial charge in [-0.25, -0.2) is 0 Å². The number of nitrogens with one attached hydrogen (secondary N) is 1. The van der Waals surface area contributed by atoms with Crippen LogP contribution in [0.3, 0.4) is 0 Å². The van der Waals surface area contributed by atoms with E-state index in [1.165, 1.54) is 6.07 Å². The monoisotopic (exact) mass is 365 g/mol. The summed E-state index contributed by atoms with van der Waals surface area (Å²) in [6.45, 7) is 3.88. The molecule has 0 saturated heterocycles. The number of halogens is 3. The molecule has 0 fully saturated rings. The number of nitrogens with zero attached hydrogens (tertiary/aromatic N) is 1. The minimum atomic E-state index is -4.37. The van der Waals surface area contributed by atoms with Gasteiger partial charge in [-0.3, -0.25) is 4.99 Å². The van der Waals surface area contributed by atoms with Crippen molar-refractivity contribution in [2.45, 2.75) is 25.4 Å². The number of aliphatic imine (C=N–C) groups is 1. The van der Waals surface area contributed by atoms with Crippen molar-refractivity contribution in [3.63, 3.8) is 0 Å². The molecule has 2 aromatic carbocycles. The standard InChI is InChI=1S/C19H22F3N3O/c1-18(2,13-6-4-7-14(10-13)19(20,21)22)12-24-17(23)25-15-8-5-9-16(11-15)26-3/h4-11H,12H2,1-3H3,(H3,23,24,25). The summed E-state index contributed by atoms with van der Waals surface area (Å²) in [6.07, 6.45) is -4.37. The van der Waals surface area contributed by atoms with Gasteiger partial charge in [-0.1, -0.05) is 38.1 Å². The van der Waals surface area contributed by atoms with Crippen LogP contribution in [0.2, 0.25) is 0 Å². The summed E-state index contributed by atoms with van der Waals surface area (Å²) in [5.41, 5.74) is 5.88. The van der Waals surface area contributed by atoms with Crippen molar-refractivity contribution in [1.82, 2.24) is 0 Å². The third kappa shape index (κ3) is 5.15. The molecule has 2 aromatic rings. The Kier molecular flexibility index (Phi) is 5.79. The van der Waals surface area contributed by atoms with Gasteiger partial charge in [0.15, 0.2) is 5.96 Å². The van der Waals surface area contributed by atoms with Gasteiger partial charge in [0.1, 0.15) is 5.75 Å². The first-order valence-corrected chi connectivity index (χ1v) is 8.00. The number of methoxy groups -OCH3 is 1. The molecular formula is C19H22F3N3O. The second-order valence-corrected chi connectivity index (χ2v) is 6.52. The lowest BCUT2D eigenvalue weighted by molar-refractivity contribution is -0.137. The van der Waals surface area contributed by atoms with Crippen LogP contribution in [-0.2, 0) is 11.6 Å². The van der Waals surface area contributed by atoms with E-state index in [0.29, 0.717) is 17.0 Å². The molecule has 0 aliphatic rings. The molecule has 0 aliphatic carbocycles. The van der Waals surface area contributed by atoms with Crippen LogP contribution in [0.5, 0.6) is 5.75 Å². The van der Waals surface area contributed by atoms with Crippen LogP contribution in [0.1, 0.15) is 25.0 Å². The average molecular weight is 365 g/mol. The lowest BCUT2D eigenvalue weighted by Crippen LogP contribution is -2.28. The molecule has 0 atom stereocenters. The fraction of sp³-hybridized carbons (Fsp3) is 0.316. The number of guanidine groups is 1. The first kappa shape index (κ1) is 19.6. The quantitative estimate of drug-likeness (QED) is 0.609. The van der Waals surface area contributed by atoms with Crippen molar-refractivity contribution in [3.05, 3.63) is 59.7 Å². The molecular weight excluding hydrogens is 343 g/mol. The molecule has 0 radical (unpaired) electrons. The average Bonchev–Trinajstić information content (AvgIpc) is 2.60. The van der Waals surface area contributed by atoms with Crippen molar-refractivity contribution < 1.29 is 17.9 Å². The van der Waals surface area contributed by atoms with Crippen molar-refractivity contribution in [3.8, 4) is 5.75 Å². The number of rotatable bonds is 5. The smallest absolute Gasteiger partial charge is 0.416 e. The van der Waals surface area contributed by atoms with Crippen molar-refractivity contribution in [2.75, 3.05) is 19.0 Å². The predicted molar refractivity (Wildman–Crippen MR) is 97.6 cm³/mol. The molecule has 0 spiro atoms. The fourth-order valence-electron chi connectivity index (χ4n) is 2.38. The van der Waals surface area contributed by atoms with E-state index < -0.39 is 17.2 Å². The molecule has 0 saturated carbocycles. The molecule has 7 heteroatoms. The Bertz CT molecular complexity index is 786. The minimum Gasteiger partial charge on any atom is -0.497 e. The summed E-state index contributed by atoms with van der Waals surface area (Å²) in [5, 5.41) is 2.94. The molecule has 140 valence electrons. The van der Waals surface area contributed by atoms with Gasteiger partial charge in [-0.2, -0.15) is 13.2 Å². The molecule has 0 amide bonds. The van der Waals surface area contributed by atoms with E-state index in [-0.39, 0.29) is 12.5 Å². The van der Waals surface area contributed by atoms with E-state index >= 15 is 0 Å². The number of alkyl halides is 3. The Morgan fingerprint density at radius 3 is 2.38 bits per heavy atom. The normalized spacial score (nSPS) is 12.8. The van der Waals surface area contributed by atoms with Crippen LogP contribution >= 0.6 is 0 Å². The zero-order valence-electron chi connectivity index (χ0n) is 14.9. The van der Waals surface area contributed by atoms with Gasteiger partial charge >= 0.3 is 6.18 Å². The van der Waals surface area contributed by atoms with E-state index in [4.69, 9.17) is 10.5 Å². The molecule has 2 rings (SSSR count). The van der Waals surface area contributed by atoms with Gasteiger partial charge in [-0.05, 0) is 23.8 Å². The first-order valence-electron chi connectivity index (χ1n) is 8.00. The summed E-state index contributed by atoms with van der Waals surface area (Å²) >= 11 is 0. The van der Waals surface area contributed by atoms with Gasteiger partial charge in [0.05, 0.1) is 19.2 Å². The Morgan fingerprint density at radius 2 is 1.73 bits per heavy atom. The van der Waals surface area contributed by atoms with Crippen LogP contribution in [0.25, 0.3) is 0 Å². The van der Waals surface area contributed by atoms with Gasteiger partial charge in [0, 0.05) is 17.2 Å². The van der Waals surface area contributed by atoms with Gasteiger partial charge in [0.2, 0.25) is 0 Å². The lowest BCUT2D eigenvalue weighted by Gasteiger charge is -2.24. The second kappa shape index (κ2) is 7.68. The Balaban J connectivity index is 2.12. The zero-order valence-corrected chi connectivity index (χ0v) is 14.9. The number of benzene rings is 2. The largest absolute Gasteiger partial charge is 0.497 e. The number of hydrogen-bond acceptors (Lipinski definition) is 2. The van der Waals surface area contributed by atoms with Crippen LogP contribution in [0.4, 0.5) is 18.9 Å². The molecule has 0 unspecified atom stereocenters. The number of anilines is 1. The van der Waals surface area contributed by atoms with Crippen molar-refractivity contribution in [1.29, 1.82) is 0 Å². The zero-order chi connectivity index (χ0) is 19.4. The van der Waals surface area contributed by atoms with E-state index in [1.807, 2.05) is 19.9 Å². The summed E-state index contributed by atoms with van der Waals surface area (Å²) in [7, 11) is 1.56. The maximum Gasteiger partial charge on any atom is 0.416 e. The van der Waals surface area contributed by atoms with Crippen LogP contribution < -0.4 is 15.8 Å². The van der Waals surface area contributed by atoms with Crippen molar-refractivity contribution in [2.24, 2.45) is 10.7 Å². The van der Waals surface area contributed by atoms with Crippen LogP contribution in [-0.4, -0.2) is 19.6 Å². The van der Waals surface area contributed by atoms with E-state index in [2.05, 4.69) is 10.3 Å². The molecule has 0 aliphatic heterocycles. The van der Waals surface area contributed by atoms with E-state index in [1.54, 1.807) is 31.4 Å². The number of ether oxygens (including phenoxy) is 1. The Hall–Kier alpha value is -2.70. The minimum absolute atomic E-state index is 0.179. The number of nitrogens with two attached hydrogens (primary N) is 1. The summed E-state index contributed by atoms with van der Waals surface area (Å²) in [5.74, 6) is 0.852. The van der Waals surface area contributed by atoms with Crippen molar-refractivity contribution >= 4 is 11.6 Å². The van der Waals surface area contributed by atoms with Crippen LogP contribution in [0, 0.1) is 0 Å². The third-order valence-corrected chi connectivity index (χ3v) is 3.96. The van der Waals surface area contributed by atoms with Gasteiger partial charge in [-0.15, -0.1) is 0 Å². The highest BCUT2D eigenvalue weighted by Crippen LogP contribution is 2.33. The molecule has 0 aromatic heterocycles. The Labute approximate surface area is 150 Å². The molecule has 0 bridgehead atoms. The highest BCUT2D eigenvalue weighted by molar-refractivity contribution is 5.92. The SMILES string of the molecule is COc1cccc(NC(N)=NCC(C)(C)c2cccc(C(F)(F)F)c2)c1. The lowest BCUT2D eigenvalue weighted by atomic mass is 9.84. The Morgan fingerprint density at radius 1 is 1.08 bits per heavy atom. The van der Waals surface area contributed by atoms with Gasteiger partial charge < -0.3 is 15.8 Å². The summed E-state index contributed by atoms with van der Waals surface area (Å²) in [4.78, 5) is 4.28. The summed E-state index contributed by atoms with van der Waals surface area (Å²) < 4.78 is 43.9. The molecule has 4 nitrogen and oxygen atoms in total. The third-order valence-electron chi connectivity index (χ3n) is 3.96. The fourth-order valence-corrected chi connectivity index (χ4v) is 2.38. The summed E-state index contributed by atoms with van der Waals surface area (Å²) in [6, 6.07) is 12.5. The topological polar surface area (TPSA) is 59.6 Å². The maximum absolute atomic E-state index is 12.9. The van der Waals surface area contributed by atoms with E-state index in [0.717, 1.165) is 12.1 Å². The van der Waals surface area contributed by atoms with E-state index in [9.17, 15) is 13.2 Å². The van der Waals surface area contributed by atoms with Crippen LogP contribution in [0.15, 0.2) is 53.5 Å².